The maximum Gasteiger partial charge on any atom is 0.337 e. The molecule has 0 unspecified atom stereocenters. The van der Waals surface area contributed by atoms with Crippen molar-refractivity contribution in [2.45, 2.75) is 13.1 Å². The molecule has 0 aliphatic carbocycles. The summed E-state index contributed by atoms with van der Waals surface area (Å²) in [5.74, 6) is 0.457. The van der Waals surface area contributed by atoms with E-state index in [1.165, 1.54) is 11.1 Å². The van der Waals surface area contributed by atoms with E-state index in [4.69, 9.17) is 9.47 Å². The molecule has 0 amide bonds. The Balaban J connectivity index is 1.56. The molecule has 0 spiro atoms. The fourth-order valence-corrected chi connectivity index (χ4v) is 3.61. The van der Waals surface area contributed by atoms with E-state index in [0.717, 1.165) is 24.5 Å². The molecule has 0 bridgehead atoms. The summed E-state index contributed by atoms with van der Waals surface area (Å²) >= 11 is 0. The molecule has 0 saturated carbocycles. The van der Waals surface area contributed by atoms with E-state index in [-0.39, 0.29) is 5.56 Å². The number of hydrogen-bond donors (Lipinski definition) is 2. The van der Waals surface area contributed by atoms with Crippen molar-refractivity contribution in [3.63, 3.8) is 0 Å². The summed E-state index contributed by atoms with van der Waals surface area (Å²) in [4.78, 5) is 13.7. The Labute approximate surface area is 169 Å². The molecule has 3 aromatic rings. The smallest absolute Gasteiger partial charge is 0.337 e. The Morgan fingerprint density at radius 3 is 2.45 bits per heavy atom. The molecule has 1 aliphatic rings. The molecule has 0 saturated heterocycles. The van der Waals surface area contributed by atoms with Crippen LogP contribution >= 0.6 is 0 Å². The Bertz CT molecular complexity index is 1060. The summed E-state index contributed by atoms with van der Waals surface area (Å²) in [6, 6.07) is 19.0. The van der Waals surface area contributed by atoms with E-state index in [9.17, 15) is 9.90 Å². The highest BCUT2D eigenvalue weighted by Gasteiger charge is 2.21. The van der Waals surface area contributed by atoms with Crippen LogP contribution in [0, 0.1) is 0 Å². The highest BCUT2D eigenvalue weighted by molar-refractivity contribution is 5.95. The van der Waals surface area contributed by atoms with Gasteiger partial charge in [-0.1, -0.05) is 18.2 Å². The van der Waals surface area contributed by atoms with Gasteiger partial charge in [0.25, 0.3) is 0 Å². The predicted octanol–water partition coefficient (Wildman–Crippen LogP) is 4.67. The summed E-state index contributed by atoms with van der Waals surface area (Å²) in [7, 11) is 3.26. The molecule has 0 aromatic heterocycles. The second-order valence-corrected chi connectivity index (χ2v) is 6.85. The largest absolute Gasteiger partial charge is 0.493 e. The second-order valence-electron chi connectivity index (χ2n) is 6.85. The van der Waals surface area contributed by atoms with Crippen LogP contribution in [0.1, 0.15) is 21.5 Å². The number of carbonyl (C=O) groups is 1. The molecule has 148 valence electrons. The van der Waals surface area contributed by atoms with Crippen LogP contribution in [0.5, 0.6) is 11.5 Å². The van der Waals surface area contributed by atoms with Crippen LogP contribution in [0.2, 0.25) is 0 Å². The third-order valence-corrected chi connectivity index (χ3v) is 5.10. The van der Waals surface area contributed by atoms with E-state index < -0.39 is 5.97 Å². The number of ether oxygens (including phenoxy) is 2. The zero-order chi connectivity index (χ0) is 20.4. The van der Waals surface area contributed by atoms with Crippen LogP contribution in [0.3, 0.4) is 0 Å². The van der Waals surface area contributed by atoms with Gasteiger partial charge in [-0.2, -0.15) is 0 Å². The van der Waals surface area contributed by atoms with Crippen LogP contribution in [0.15, 0.2) is 60.7 Å². The Morgan fingerprint density at radius 2 is 1.69 bits per heavy atom. The molecular weight excluding hydrogens is 368 g/mol. The second kappa shape index (κ2) is 7.75. The summed E-state index contributed by atoms with van der Waals surface area (Å²) in [6.07, 6.45) is 0. The number of methoxy groups -OCH3 is 2. The summed E-state index contributed by atoms with van der Waals surface area (Å²) in [5.41, 5.74) is 5.21. The van der Waals surface area contributed by atoms with Crippen molar-refractivity contribution in [3.05, 3.63) is 77.4 Å². The van der Waals surface area contributed by atoms with Gasteiger partial charge in [-0.15, -0.1) is 0 Å². The van der Waals surface area contributed by atoms with Crippen molar-refractivity contribution in [2.75, 3.05) is 24.4 Å². The Morgan fingerprint density at radius 1 is 0.931 bits per heavy atom. The number of benzene rings is 3. The van der Waals surface area contributed by atoms with Gasteiger partial charge in [0.2, 0.25) is 0 Å². The molecule has 0 fully saturated rings. The molecule has 6 nitrogen and oxygen atoms in total. The van der Waals surface area contributed by atoms with Crippen LogP contribution in [-0.2, 0) is 13.1 Å². The number of nitrogens with zero attached hydrogens (tertiary/aromatic N) is 1. The predicted molar refractivity (Wildman–Crippen MR) is 113 cm³/mol. The quantitative estimate of drug-likeness (QED) is 0.638. The standard InChI is InChI=1S/C23H22N2O4/c1-28-21-10-9-18(12-22(21)29-2)25-13-15-7-8-17(11-16(15)14-25)24-20-6-4-3-5-19(20)23(26)27/h3-12,24H,13-14H2,1-2H3,(H,26,27). The van der Waals surface area contributed by atoms with Gasteiger partial charge in [0.05, 0.1) is 25.5 Å². The Hall–Kier alpha value is -3.67. The lowest BCUT2D eigenvalue weighted by Gasteiger charge is -2.19. The van der Waals surface area contributed by atoms with E-state index in [1.807, 2.05) is 30.3 Å². The number of anilines is 3. The van der Waals surface area contributed by atoms with Gasteiger partial charge in [0, 0.05) is 30.5 Å². The minimum Gasteiger partial charge on any atom is -0.493 e. The summed E-state index contributed by atoms with van der Waals surface area (Å²) < 4.78 is 10.7. The average Bonchev–Trinajstić information content (AvgIpc) is 3.17. The average molecular weight is 390 g/mol. The lowest BCUT2D eigenvalue weighted by molar-refractivity contribution is 0.0698. The maximum atomic E-state index is 11.4. The van der Waals surface area contributed by atoms with Gasteiger partial charge < -0.3 is 24.8 Å². The van der Waals surface area contributed by atoms with E-state index >= 15 is 0 Å². The van der Waals surface area contributed by atoms with Gasteiger partial charge in [0.1, 0.15) is 0 Å². The number of aromatic carboxylic acids is 1. The molecule has 0 radical (unpaired) electrons. The molecule has 6 heteroatoms. The molecule has 1 aliphatic heterocycles. The minimum absolute atomic E-state index is 0.250. The first-order chi connectivity index (χ1) is 14.1. The van der Waals surface area contributed by atoms with E-state index in [0.29, 0.717) is 17.2 Å². The minimum atomic E-state index is -0.950. The molecule has 0 atom stereocenters. The van der Waals surface area contributed by atoms with Gasteiger partial charge in [-0.05, 0) is 47.5 Å². The lowest BCUT2D eigenvalue weighted by atomic mass is 10.1. The van der Waals surface area contributed by atoms with Crippen LogP contribution in [-0.4, -0.2) is 25.3 Å². The molecule has 29 heavy (non-hydrogen) atoms. The first kappa shape index (κ1) is 18.7. The zero-order valence-corrected chi connectivity index (χ0v) is 16.3. The number of nitrogens with one attached hydrogen (secondary N) is 1. The summed E-state index contributed by atoms with van der Waals surface area (Å²) in [6.45, 7) is 1.57. The third kappa shape index (κ3) is 3.69. The maximum absolute atomic E-state index is 11.4. The van der Waals surface area contributed by atoms with Crippen molar-refractivity contribution in [3.8, 4) is 11.5 Å². The molecule has 4 rings (SSSR count). The van der Waals surface area contributed by atoms with E-state index in [2.05, 4.69) is 22.3 Å². The highest BCUT2D eigenvalue weighted by atomic mass is 16.5. The van der Waals surface area contributed by atoms with E-state index in [1.54, 1.807) is 32.4 Å². The number of hydrogen-bond acceptors (Lipinski definition) is 5. The fourth-order valence-electron chi connectivity index (χ4n) is 3.61. The molecule has 3 aromatic carbocycles. The highest BCUT2D eigenvalue weighted by Crippen LogP contribution is 2.36. The van der Waals surface area contributed by atoms with Crippen molar-refractivity contribution in [2.24, 2.45) is 0 Å². The molecule has 2 N–H and O–H groups in total. The van der Waals surface area contributed by atoms with Crippen molar-refractivity contribution >= 4 is 23.0 Å². The lowest BCUT2D eigenvalue weighted by Crippen LogP contribution is -2.14. The number of carboxylic acids is 1. The van der Waals surface area contributed by atoms with Gasteiger partial charge in [0.15, 0.2) is 11.5 Å². The number of carboxylic acid groups (broad SMARTS) is 1. The van der Waals surface area contributed by atoms with Gasteiger partial charge >= 0.3 is 5.97 Å². The zero-order valence-electron chi connectivity index (χ0n) is 16.3. The van der Waals surface area contributed by atoms with Crippen molar-refractivity contribution in [1.29, 1.82) is 0 Å². The first-order valence-electron chi connectivity index (χ1n) is 9.27. The SMILES string of the molecule is COc1ccc(N2Cc3ccc(Nc4ccccc4C(=O)O)cc3C2)cc1OC. The fraction of sp³-hybridized carbons (Fsp3) is 0.174. The summed E-state index contributed by atoms with van der Waals surface area (Å²) in [5, 5.41) is 12.6. The van der Waals surface area contributed by atoms with Crippen LogP contribution in [0.25, 0.3) is 0 Å². The monoisotopic (exact) mass is 390 g/mol. The van der Waals surface area contributed by atoms with Crippen molar-refractivity contribution < 1.29 is 19.4 Å². The van der Waals surface area contributed by atoms with Crippen LogP contribution in [0.4, 0.5) is 17.1 Å². The Kier molecular flexibility index (Phi) is 4.99. The normalized spacial score (nSPS) is 12.4. The number of para-hydroxylation sites is 1. The number of rotatable bonds is 6. The third-order valence-electron chi connectivity index (χ3n) is 5.10. The van der Waals surface area contributed by atoms with Crippen molar-refractivity contribution in [1.82, 2.24) is 0 Å². The van der Waals surface area contributed by atoms with Gasteiger partial charge in [-0.3, -0.25) is 0 Å². The molecule has 1 heterocycles. The number of fused-ring (bicyclic) bond motifs is 1. The van der Waals surface area contributed by atoms with Gasteiger partial charge in [-0.25, -0.2) is 4.79 Å². The first-order valence-corrected chi connectivity index (χ1v) is 9.27. The van der Waals surface area contributed by atoms with Crippen LogP contribution < -0.4 is 19.7 Å². The topological polar surface area (TPSA) is 71.0 Å². The molecular formula is C23H22N2O4.